The number of anilines is 2. The van der Waals surface area contributed by atoms with E-state index in [-0.39, 0.29) is 18.4 Å². The molecule has 0 aliphatic carbocycles. The molecule has 2 aliphatic heterocycles. The molecule has 0 unspecified atom stereocenters. The summed E-state index contributed by atoms with van der Waals surface area (Å²) >= 11 is 1.18. The molecule has 1 aromatic rings. The molecule has 0 saturated carbocycles. The normalized spacial score (nSPS) is 19.8. The number of carbonyl (C=O) groups excluding carboxylic acids is 1. The van der Waals surface area contributed by atoms with Crippen LogP contribution in [0.4, 0.5) is 16.4 Å². The van der Waals surface area contributed by atoms with Gasteiger partial charge in [-0.15, -0.1) is 12.4 Å². The number of piperazine rings is 1. The Hall–Kier alpha value is -1.12. The molecule has 0 atom stereocenters. The van der Waals surface area contributed by atoms with Crippen molar-refractivity contribution in [2.24, 2.45) is 0 Å². The van der Waals surface area contributed by atoms with Gasteiger partial charge in [0, 0.05) is 46.3 Å². The van der Waals surface area contributed by atoms with E-state index in [0.717, 1.165) is 44.4 Å². The summed E-state index contributed by atoms with van der Waals surface area (Å²) in [4.78, 5) is 17.6. The molecule has 0 bridgehead atoms. The average Bonchev–Trinajstić information content (AvgIpc) is 2.99. The van der Waals surface area contributed by atoms with Crippen molar-refractivity contribution < 1.29 is 4.79 Å². The lowest BCUT2D eigenvalue weighted by Gasteiger charge is -2.28. The number of hydrogen-bond acceptors (Lipinski definition) is 6. The Labute approximate surface area is 122 Å². The molecule has 2 aliphatic rings. The predicted molar refractivity (Wildman–Crippen MR) is 77.6 cm³/mol. The lowest BCUT2D eigenvalue weighted by molar-refractivity contribution is 0.229. The van der Waals surface area contributed by atoms with Gasteiger partial charge in [-0.2, -0.15) is 8.75 Å². The third-order valence-electron chi connectivity index (χ3n) is 3.34. The number of likely N-dealkylation sites (N-methyl/N-ethyl adjacent to an activating group) is 1. The molecule has 2 saturated heterocycles. The van der Waals surface area contributed by atoms with Crippen molar-refractivity contribution in [3.8, 4) is 0 Å². The Morgan fingerprint density at radius 2 is 1.79 bits per heavy atom. The second-order valence-electron chi connectivity index (χ2n) is 4.50. The summed E-state index contributed by atoms with van der Waals surface area (Å²) in [5, 5.41) is 3.31. The van der Waals surface area contributed by atoms with Crippen molar-refractivity contribution in [3.05, 3.63) is 0 Å². The highest BCUT2D eigenvalue weighted by atomic mass is 35.5. The third-order valence-corrected chi connectivity index (χ3v) is 3.85. The van der Waals surface area contributed by atoms with Gasteiger partial charge in [0.15, 0.2) is 11.6 Å². The van der Waals surface area contributed by atoms with Crippen LogP contribution in [0.2, 0.25) is 0 Å². The Balaban J connectivity index is 0.00000133. The summed E-state index contributed by atoms with van der Waals surface area (Å²) < 4.78 is 8.67. The molecule has 2 amide bonds. The summed E-state index contributed by atoms with van der Waals surface area (Å²) in [6, 6.07) is 0.0130. The highest BCUT2D eigenvalue weighted by Gasteiger charge is 2.32. The van der Waals surface area contributed by atoms with Gasteiger partial charge < -0.3 is 15.1 Å². The first-order valence-corrected chi connectivity index (χ1v) is 6.81. The molecule has 9 heteroatoms. The van der Waals surface area contributed by atoms with Gasteiger partial charge in [0.05, 0.1) is 11.7 Å². The van der Waals surface area contributed by atoms with E-state index < -0.39 is 0 Å². The van der Waals surface area contributed by atoms with Crippen LogP contribution in [0.5, 0.6) is 0 Å². The molecule has 3 rings (SSSR count). The molecule has 0 radical (unpaired) electrons. The number of halogens is 1. The number of rotatable bonds is 2. The molecule has 7 nitrogen and oxygen atoms in total. The average molecular weight is 305 g/mol. The molecule has 0 spiro atoms. The fourth-order valence-corrected chi connectivity index (χ4v) is 2.84. The van der Waals surface area contributed by atoms with Crippen molar-refractivity contribution >= 4 is 41.8 Å². The standard InChI is InChI=1S/C10H16N6OS.ClH/c1-14-6-7-16(10(14)17)9-8(12-18-13-9)15-4-2-11-3-5-15;/h11H,2-7H2,1H3;1H. The minimum atomic E-state index is 0. The first kappa shape index (κ1) is 14.3. The van der Waals surface area contributed by atoms with Crippen LogP contribution in [-0.4, -0.2) is 66.0 Å². The van der Waals surface area contributed by atoms with E-state index in [1.807, 2.05) is 7.05 Å². The highest BCUT2D eigenvalue weighted by Crippen LogP contribution is 2.29. The molecule has 1 aromatic heterocycles. The maximum absolute atomic E-state index is 12.0. The molecule has 19 heavy (non-hydrogen) atoms. The smallest absolute Gasteiger partial charge is 0.325 e. The molecule has 2 fully saturated rings. The molecular weight excluding hydrogens is 288 g/mol. The van der Waals surface area contributed by atoms with Crippen LogP contribution in [0.1, 0.15) is 0 Å². The van der Waals surface area contributed by atoms with Gasteiger partial charge in [0.2, 0.25) is 0 Å². The summed E-state index contributed by atoms with van der Waals surface area (Å²) in [6.45, 7) is 5.17. The van der Waals surface area contributed by atoms with E-state index in [9.17, 15) is 4.79 Å². The first-order valence-electron chi connectivity index (χ1n) is 6.08. The predicted octanol–water partition coefficient (Wildman–Crippen LogP) is 0.241. The van der Waals surface area contributed by atoms with E-state index >= 15 is 0 Å². The number of hydrogen-bond donors (Lipinski definition) is 1. The zero-order valence-corrected chi connectivity index (χ0v) is 12.3. The first-order chi connectivity index (χ1) is 8.77. The Kier molecular flexibility index (Phi) is 4.43. The number of aromatic nitrogens is 2. The summed E-state index contributed by atoms with van der Waals surface area (Å²) in [5.74, 6) is 1.57. The van der Waals surface area contributed by atoms with Crippen molar-refractivity contribution in [2.75, 3.05) is 56.1 Å². The Bertz CT molecular complexity index is 449. The SMILES string of the molecule is CN1CCN(c2nsnc2N2CCNCC2)C1=O.Cl. The second-order valence-corrected chi connectivity index (χ2v) is 5.03. The van der Waals surface area contributed by atoms with Crippen LogP contribution < -0.4 is 15.1 Å². The van der Waals surface area contributed by atoms with Gasteiger partial charge in [0.25, 0.3) is 0 Å². The van der Waals surface area contributed by atoms with Crippen LogP contribution >= 0.6 is 24.1 Å². The topological polar surface area (TPSA) is 64.6 Å². The zero-order chi connectivity index (χ0) is 12.5. The zero-order valence-electron chi connectivity index (χ0n) is 10.7. The van der Waals surface area contributed by atoms with Crippen LogP contribution in [0.25, 0.3) is 0 Å². The molecule has 0 aromatic carbocycles. The van der Waals surface area contributed by atoms with E-state index in [4.69, 9.17) is 0 Å². The number of urea groups is 1. The van der Waals surface area contributed by atoms with Gasteiger partial charge >= 0.3 is 6.03 Å². The molecule has 3 heterocycles. The van der Waals surface area contributed by atoms with Gasteiger partial charge in [-0.05, 0) is 0 Å². The maximum Gasteiger partial charge on any atom is 0.325 e. The van der Waals surface area contributed by atoms with Crippen molar-refractivity contribution in [1.82, 2.24) is 19.0 Å². The second kappa shape index (κ2) is 5.89. The van der Waals surface area contributed by atoms with Crippen molar-refractivity contribution in [3.63, 3.8) is 0 Å². The van der Waals surface area contributed by atoms with E-state index in [0.29, 0.717) is 6.54 Å². The fraction of sp³-hybridized carbons (Fsp3) is 0.700. The minimum Gasteiger partial charge on any atom is -0.350 e. The lowest BCUT2D eigenvalue weighted by Crippen LogP contribution is -2.44. The lowest BCUT2D eigenvalue weighted by atomic mass is 10.3. The Morgan fingerprint density at radius 1 is 1.11 bits per heavy atom. The minimum absolute atomic E-state index is 0. The quantitative estimate of drug-likeness (QED) is 0.848. The summed E-state index contributed by atoms with van der Waals surface area (Å²) in [5.41, 5.74) is 0. The van der Waals surface area contributed by atoms with Crippen LogP contribution in [0, 0.1) is 0 Å². The van der Waals surface area contributed by atoms with Gasteiger partial charge in [-0.1, -0.05) is 0 Å². The maximum atomic E-state index is 12.0. The number of nitrogens with zero attached hydrogens (tertiary/aromatic N) is 5. The van der Waals surface area contributed by atoms with E-state index in [1.54, 1.807) is 9.80 Å². The summed E-state index contributed by atoms with van der Waals surface area (Å²) in [6.07, 6.45) is 0. The third kappa shape index (κ3) is 2.60. The van der Waals surface area contributed by atoms with Gasteiger partial charge in [-0.25, -0.2) is 4.79 Å². The molecule has 106 valence electrons. The van der Waals surface area contributed by atoms with Crippen molar-refractivity contribution in [1.29, 1.82) is 0 Å². The van der Waals surface area contributed by atoms with Crippen LogP contribution in [-0.2, 0) is 0 Å². The van der Waals surface area contributed by atoms with E-state index in [1.165, 1.54) is 11.7 Å². The van der Waals surface area contributed by atoms with Crippen LogP contribution in [0.15, 0.2) is 0 Å². The number of amides is 2. The monoisotopic (exact) mass is 304 g/mol. The largest absolute Gasteiger partial charge is 0.350 e. The molecule has 1 N–H and O–H groups in total. The number of nitrogens with one attached hydrogen (secondary N) is 1. The number of carbonyl (C=O) groups is 1. The van der Waals surface area contributed by atoms with Gasteiger partial charge in [0.1, 0.15) is 0 Å². The Morgan fingerprint density at radius 3 is 2.42 bits per heavy atom. The highest BCUT2D eigenvalue weighted by molar-refractivity contribution is 6.99. The van der Waals surface area contributed by atoms with Crippen molar-refractivity contribution in [2.45, 2.75) is 0 Å². The van der Waals surface area contributed by atoms with E-state index in [2.05, 4.69) is 19.0 Å². The summed E-state index contributed by atoms with van der Waals surface area (Å²) in [7, 11) is 1.81. The molecular formula is C10H17ClN6OS. The van der Waals surface area contributed by atoms with Crippen LogP contribution in [0.3, 0.4) is 0 Å². The fourth-order valence-electron chi connectivity index (χ4n) is 2.27. The van der Waals surface area contributed by atoms with Gasteiger partial charge in [-0.3, -0.25) is 4.90 Å².